The van der Waals surface area contributed by atoms with Crippen molar-refractivity contribution in [2.75, 3.05) is 0 Å². The van der Waals surface area contributed by atoms with Crippen LogP contribution < -0.4 is 0 Å². The van der Waals surface area contributed by atoms with Crippen LogP contribution in [-0.4, -0.2) is 15.0 Å². The fourth-order valence-corrected chi connectivity index (χ4v) is 12.9. The summed E-state index contributed by atoms with van der Waals surface area (Å²) in [5.41, 5.74) is 23.8. The van der Waals surface area contributed by atoms with E-state index in [0.29, 0.717) is 17.5 Å². The molecule has 0 saturated heterocycles. The van der Waals surface area contributed by atoms with Gasteiger partial charge in [-0.2, -0.15) is 0 Å². The molecule has 2 heterocycles. The van der Waals surface area contributed by atoms with E-state index in [0.717, 1.165) is 44.5 Å². The minimum Gasteiger partial charge on any atom is -0.455 e. The second-order valence-electron chi connectivity index (χ2n) is 20.2. The van der Waals surface area contributed by atoms with Crippen LogP contribution in [0.15, 0.2) is 181 Å². The van der Waals surface area contributed by atoms with Crippen molar-refractivity contribution in [3.63, 3.8) is 0 Å². The molecule has 4 heteroatoms. The molecule has 0 amide bonds. The van der Waals surface area contributed by atoms with E-state index in [1.54, 1.807) is 0 Å². The van der Waals surface area contributed by atoms with E-state index in [4.69, 9.17) is 19.4 Å². The highest BCUT2D eigenvalue weighted by Gasteiger charge is 2.53. The normalized spacial score (nSPS) is 16.8. The van der Waals surface area contributed by atoms with Crippen molar-refractivity contribution < 1.29 is 4.42 Å². The van der Waals surface area contributed by atoms with E-state index >= 15 is 0 Å². The number of rotatable bonds is 5. The molecule has 4 aliphatic carbocycles. The summed E-state index contributed by atoms with van der Waals surface area (Å²) in [6.07, 6.45) is 6.02. The number of hydrogen-bond donors (Lipinski definition) is 0. The third-order valence-electron chi connectivity index (χ3n) is 16.1. The molecule has 8 aromatic carbocycles. The highest BCUT2D eigenvalue weighted by molar-refractivity contribution is 6.07. The summed E-state index contributed by atoms with van der Waals surface area (Å²) in [6.45, 7) is 15.5. The highest BCUT2D eigenvalue weighted by atomic mass is 16.3. The van der Waals surface area contributed by atoms with Gasteiger partial charge in [0.25, 0.3) is 0 Å². The van der Waals surface area contributed by atoms with Gasteiger partial charge in [-0.15, -0.1) is 0 Å². The lowest BCUT2D eigenvalue weighted by Gasteiger charge is -2.30. The van der Waals surface area contributed by atoms with Gasteiger partial charge in [-0.25, -0.2) is 15.0 Å². The average molecular weight is 886 g/mol. The molecule has 1 atom stereocenters. The van der Waals surface area contributed by atoms with E-state index < -0.39 is 5.41 Å². The van der Waals surface area contributed by atoms with Gasteiger partial charge in [-0.05, 0) is 115 Å². The fourth-order valence-electron chi connectivity index (χ4n) is 12.9. The zero-order valence-corrected chi connectivity index (χ0v) is 39.3. The number of benzene rings is 8. The lowest BCUT2D eigenvalue weighted by Crippen LogP contribution is -2.25. The Kier molecular flexibility index (Phi) is 8.06. The quantitative estimate of drug-likeness (QED) is 0.173. The molecular formula is C65H47N3O. The molecule has 0 radical (unpaired) electrons. The Balaban J connectivity index is 1.00. The van der Waals surface area contributed by atoms with Crippen LogP contribution in [0, 0.1) is 0 Å². The van der Waals surface area contributed by atoms with Crippen LogP contribution in [0.5, 0.6) is 0 Å². The van der Waals surface area contributed by atoms with Crippen LogP contribution in [0.3, 0.4) is 0 Å². The summed E-state index contributed by atoms with van der Waals surface area (Å²) in [5.74, 6) is 2.71. The smallest absolute Gasteiger partial charge is 0.164 e. The number of aromatic nitrogens is 3. The SMILES string of the molecule is C=Cc1oc2c3c(ccc2c1/C=C\C)C1(c2ccccc2-c2ccc(-c4nc(-c5ccc6c(c5)C(C)(C)c5ccccc5-6)nc(-c5ccc6c(c5)C(C)(C)c5ccccc5-6)n4)cc21)c1ccccc1-3. The van der Waals surface area contributed by atoms with Gasteiger partial charge in [0.2, 0.25) is 0 Å². The van der Waals surface area contributed by atoms with Gasteiger partial charge in [0.15, 0.2) is 17.5 Å². The number of fused-ring (bicyclic) bond motifs is 18. The molecule has 1 spiro atoms. The van der Waals surface area contributed by atoms with E-state index in [9.17, 15) is 0 Å². The maximum absolute atomic E-state index is 6.80. The Morgan fingerprint density at radius 1 is 0.435 bits per heavy atom. The molecule has 0 fully saturated rings. The number of furan rings is 1. The first-order valence-electron chi connectivity index (χ1n) is 24.1. The maximum Gasteiger partial charge on any atom is 0.164 e. The van der Waals surface area contributed by atoms with Gasteiger partial charge < -0.3 is 4.42 Å². The minimum atomic E-state index is -0.621. The average Bonchev–Trinajstić information content (AvgIpc) is 4.12. The zero-order valence-electron chi connectivity index (χ0n) is 39.3. The second kappa shape index (κ2) is 13.9. The van der Waals surface area contributed by atoms with Gasteiger partial charge in [0.1, 0.15) is 11.3 Å². The molecule has 4 nitrogen and oxygen atoms in total. The Labute approximate surface area is 402 Å². The summed E-state index contributed by atoms with van der Waals surface area (Å²) in [7, 11) is 0. The van der Waals surface area contributed by atoms with Crippen molar-refractivity contribution in [1.29, 1.82) is 0 Å². The van der Waals surface area contributed by atoms with Gasteiger partial charge in [0.05, 0.1) is 5.41 Å². The summed E-state index contributed by atoms with van der Waals surface area (Å²) < 4.78 is 6.80. The third kappa shape index (κ3) is 5.16. The molecule has 1 unspecified atom stereocenters. The van der Waals surface area contributed by atoms with Crippen molar-refractivity contribution >= 4 is 23.1 Å². The van der Waals surface area contributed by atoms with Crippen LogP contribution in [0.4, 0.5) is 0 Å². The van der Waals surface area contributed by atoms with Crippen molar-refractivity contribution in [2.45, 2.75) is 50.9 Å². The zero-order chi connectivity index (χ0) is 46.6. The van der Waals surface area contributed by atoms with Crippen molar-refractivity contribution in [3.05, 3.63) is 232 Å². The number of nitrogens with zero attached hydrogens (tertiary/aromatic N) is 3. The van der Waals surface area contributed by atoms with E-state index in [1.165, 1.54) is 83.5 Å². The van der Waals surface area contributed by atoms with Crippen LogP contribution in [0.25, 0.3) is 102 Å². The first kappa shape index (κ1) is 39.9. The van der Waals surface area contributed by atoms with E-state index in [2.05, 4.69) is 210 Å². The van der Waals surface area contributed by atoms with Crippen LogP contribution in [-0.2, 0) is 16.2 Å². The third-order valence-corrected chi connectivity index (χ3v) is 16.1. The minimum absolute atomic E-state index is 0.179. The van der Waals surface area contributed by atoms with Gasteiger partial charge >= 0.3 is 0 Å². The Bertz CT molecular complexity index is 3830. The Morgan fingerprint density at radius 3 is 1.36 bits per heavy atom. The Morgan fingerprint density at radius 2 is 0.855 bits per heavy atom. The Hall–Kier alpha value is -8.21. The number of allylic oxidation sites excluding steroid dienone is 1. The topological polar surface area (TPSA) is 51.8 Å². The molecule has 10 aromatic rings. The molecule has 0 N–H and O–H groups in total. The molecular weight excluding hydrogens is 839 g/mol. The first-order valence-corrected chi connectivity index (χ1v) is 24.1. The van der Waals surface area contributed by atoms with Crippen LogP contribution >= 0.6 is 0 Å². The van der Waals surface area contributed by atoms with Crippen LogP contribution in [0.1, 0.15) is 90.4 Å². The molecule has 0 bridgehead atoms. The van der Waals surface area contributed by atoms with Gasteiger partial charge in [0, 0.05) is 44.0 Å². The lowest BCUT2D eigenvalue weighted by molar-refractivity contribution is 0.604. The molecule has 4 aliphatic rings. The summed E-state index contributed by atoms with van der Waals surface area (Å²) in [6, 6.07) is 60.4. The summed E-state index contributed by atoms with van der Waals surface area (Å²) in [5, 5.41) is 1.08. The molecule has 0 saturated carbocycles. The predicted octanol–water partition coefficient (Wildman–Crippen LogP) is 16.3. The molecule has 328 valence electrons. The predicted molar refractivity (Wildman–Crippen MR) is 282 cm³/mol. The molecule has 2 aromatic heterocycles. The summed E-state index contributed by atoms with van der Waals surface area (Å²) >= 11 is 0. The molecule has 0 aliphatic heterocycles. The molecule has 69 heavy (non-hydrogen) atoms. The monoisotopic (exact) mass is 885 g/mol. The maximum atomic E-state index is 6.80. The highest BCUT2D eigenvalue weighted by Crippen LogP contribution is 2.64. The van der Waals surface area contributed by atoms with E-state index in [-0.39, 0.29) is 10.8 Å². The van der Waals surface area contributed by atoms with Gasteiger partial charge in [-0.3, -0.25) is 0 Å². The second-order valence-corrected chi connectivity index (χ2v) is 20.2. The van der Waals surface area contributed by atoms with Crippen molar-refractivity contribution in [3.8, 4) is 78.7 Å². The van der Waals surface area contributed by atoms with Crippen molar-refractivity contribution in [1.82, 2.24) is 15.0 Å². The van der Waals surface area contributed by atoms with Crippen LogP contribution in [0.2, 0.25) is 0 Å². The molecule has 14 rings (SSSR count). The largest absolute Gasteiger partial charge is 0.455 e. The van der Waals surface area contributed by atoms with Crippen molar-refractivity contribution in [2.24, 2.45) is 0 Å². The van der Waals surface area contributed by atoms with Gasteiger partial charge in [-0.1, -0.05) is 192 Å². The number of hydrogen-bond acceptors (Lipinski definition) is 4. The first-order chi connectivity index (χ1) is 33.6. The van der Waals surface area contributed by atoms with E-state index in [1.807, 2.05) is 13.0 Å². The lowest BCUT2D eigenvalue weighted by atomic mass is 9.70. The summed E-state index contributed by atoms with van der Waals surface area (Å²) in [4.78, 5) is 16.3. The fraction of sp³-hybridized carbons (Fsp3) is 0.123. The standard InChI is InChI=1S/C65H47N3O/c1-7-17-46-47-32-33-53-58(59(47)69-57(46)8-2)48-21-12-16-25-52(48)65(53)51-24-15-11-20-42(51)45-31-28-39(36-56(45)65)62-67-60(37-26-29-43-40-18-9-13-22-49(40)63(3,4)54(43)34-37)66-61(68-62)38-27-30-44-41-19-10-14-23-50(41)64(5,6)55(44)35-38/h7-36H,2H2,1,3-6H3/b17-7-.